The number of halogens is 1. The van der Waals surface area contributed by atoms with Crippen LogP contribution in [0.3, 0.4) is 0 Å². The third-order valence-electron chi connectivity index (χ3n) is 3.26. The molecule has 0 unspecified atom stereocenters. The van der Waals surface area contributed by atoms with E-state index in [2.05, 4.69) is 57.3 Å². The molecule has 2 N–H and O–H groups in total. The predicted molar refractivity (Wildman–Crippen MR) is 105 cm³/mol. The molecule has 128 valence electrons. The summed E-state index contributed by atoms with van der Waals surface area (Å²) in [6.45, 7) is 14.3. The summed E-state index contributed by atoms with van der Waals surface area (Å²) >= 11 is 0. The first-order valence-electron chi connectivity index (χ1n) is 7.92. The number of nitrogens with zero attached hydrogens (tertiary/aromatic N) is 3. The fraction of sp³-hybridized carbons (Fsp3) is 0.750. The average Bonchev–Trinajstić information content (AvgIpc) is 2.69. The Morgan fingerprint density at radius 1 is 1.18 bits per heavy atom. The van der Waals surface area contributed by atoms with Gasteiger partial charge < -0.3 is 10.6 Å². The lowest BCUT2D eigenvalue weighted by molar-refractivity contribution is 0.501. The molecule has 5 nitrogen and oxygen atoms in total. The molecule has 0 amide bonds. The van der Waals surface area contributed by atoms with Gasteiger partial charge in [-0.2, -0.15) is 5.10 Å². The number of hydrogen-bond donors (Lipinski definition) is 2. The maximum Gasteiger partial charge on any atom is 0.191 e. The van der Waals surface area contributed by atoms with Crippen molar-refractivity contribution in [1.29, 1.82) is 0 Å². The maximum atomic E-state index is 4.74. The molecule has 0 radical (unpaired) electrons. The summed E-state index contributed by atoms with van der Waals surface area (Å²) in [5.41, 5.74) is 3.71. The Morgan fingerprint density at radius 3 is 2.27 bits per heavy atom. The number of aromatic nitrogens is 2. The van der Waals surface area contributed by atoms with Gasteiger partial charge in [0.1, 0.15) is 0 Å². The normalized spacial score (nSPS) is 12.0. The summed E-state index contributed by atoms with van der Waals surface area (Å²) in [5.74, 6) is 0.859. The lowest BCUT2D eigenvalue weighted by atomic mass is 10.1. The van der Waals surface area contributed by atoms with Crippen LogP contribution in [0, 0.1) is 0 Å². The quantitative estimate of drug-likeness (QED) is 0.437. The highest BCUT2D eigenvalue weighted by Crippen LogP contribution is 2.16. The van der Waals surface area contributed by atoms with Crippen molar-refractivity contribution in [2.24, 2.45) is 12.0 Å². The van der Waals surface area contributed by atoms with Crippen molar-refractivity contribution in [3.05, 3.63) is 17.0 Å². The minimum Gasteiger partial charge on any atom is -0.357 e. The van der Waals surface area contributed by atoms with Crippen LogP contribution in [-0.2, 0) is 26.4 Å². The number of aryl methyl sites for hydroxylation is 2. The molecule has 22 heavy (non-hydrogen) atoms. The topological polar surface area (TPSA) is 54.2 Å². The zero-order valence-electron chi connectivity index (χ0n) is 15.1. The lowest BCUT2D eigenvalue weighted by Gasteiger charge is -2.23. The summed E-state index contributed by atoms with van der Waals surface area (Å²) in [5, 5.41) is 11.3. The van der Waals surface area contributed by atoms with Gasteiger partial charge >= 0.3 is 0 Å². The number of aliphatic imine (C=N–C) groups is 1. The second-order valence-electron chi connectivity index (χ2n) is 6.27. The molecule has 0 aromatic carbocycles. The average molecular weight is 421 g/mol. The Balaban J connectivity index is 0.00000441. The van der Waals surface area contributed by atoms with Crippen molar-refractivity contribution in [2.75, 3.05) is 6.54 Å². The zero-order valence-corrected chi connectivity index (χ0v) is 17.4. The molecule has 0 fully saturated rings. The van der Waals surface area contributed by atoms with Gasteiger partial charge in [0.15, 0.2) is 5.96 Å². The van der Waals surface area contributed by atoms with Crippen LogP contribution in [-0.4, -0.2) is 27.8 Å². The minimum absolute atomic E-state index is 0. The van der Waals surface area contributed by atoms with Crippen LogP contribution < -0.4 is 10.6 Å². The molecule has 0 saturated heterocycles. The van der Waals surface area contributed by atoms with E-state index >= 15 is 0 Å². The van der Waals surface area contributed by atoms with Gasteiger partial charge in [-0.3, -0.25) is 4.68 Å². The van der Waals surface area contributed by atoms with E-state index in [1.807, 2.05) is 11.7 Å². The smallest absolute Gasteiger partial charge is 0.191 e. The second-order valence-corrected chi connectivity index (χ2v) is 6.27. The van der Waals surface area contributed by atoms with Gasteiger partial charge in [-0.25, -0.2) is 4.99 Å². The van der Waals surface area contributed by atoms with Crippen LogP contribution in [0.15, 0.2) is 4.99 Å². The second kappa shape index (κ2) is 9.37. The molecule has 1 aromatic heterocycles. The largest absolute Gasteiger partial charge is 0.357 e. The van der Waals surface area contributed by atoms with Crippen LogP contribution in [0.25, 0.3) is 0 Å². The molecule has 0 atom stereocenters. The Hall–Kier alpha value is -0.790. The molecule has 1 rings (SSSR count). The molecule has 0 bridgehead atoms. The highest BCUT2D eigenvalue weighted by Gasteiger charge is 2.15. The SMILES string of the molecule is CCNC(=NCc1c(CC)nn(C)c1CC)NC(C)(C)C.I. The molecule has 6 heteroatoms. The lowest BCUT2D eigenvalue weighted by Crippen LogP contribution is -2.47. The first kappa shape index (κ1) is 21.2. The van der Waals surface area contributed by atoms with Gasteiger partial charge in [0.2, 0.25) is 0 Å². The van der Waals surface area contributed by atoms with E-state index in [1.54, 1.807) is 0 Å². The van der Waals surface area contributed by atoms with Crippen molar-refractivity contribution in [3.63, 3.8) is 0 Å². The van der Waals surface area contributed by atoms with E-state index in [1.165, 1.54) is 11.3 Å². The van der Waals surface area contributed by atoms with Crippen LogP contribution >= 0.6 is 24.0 Å². The zero-order chi connectivity index (χ0) is 16.0. The molecule has 0 spiro atoms. The molecular weight excluding hydrogens is 389 g/mol. The first-order valence-corrected chi connectivity index (χ1v) is 7.92. The number of rotatable bonds is 5. The van der Waals surface area contributed by atoms with Gasteiger partial charge in [-0.1, -0.05) is 13.8 Å². The van der Waals surface area contributed by atoms with Crippen molar-refractivity contribution in [2.45, 2.75) is 66.5 Å². The summed E-state index contributed by atoms with van der Waals surface area (Å²) in [6, 6.07) is 0. The summed E-state index contributed by atoms with van der Waals surface area (Å²) in [7, 11) is 2.02. The molecule has 0 aliphatic rings. The van der Waals surface area contributed by atoms with Crippen molar-refractivity contribution >= 4 is 29.9 Å². The van der Waals surface area contributed by atoms with Crippen molar-refractivity contribution in [1.82, 2.24) is 20.4 Å². The van der Waals surface area contributed by atoms with E-state index in [0.29, 0.717) is 6.54 Å². The van der Waals surface area contributed by atoms with Gasteiger partial charge in [0.05, 0.1) is 12.2 Å². The highest BCUT2D eigenvalue weighted by molar-refractivity contribution is 14.0. The Labute approximate surface area is 152 Å². The predicted octanol–water partition coefficient (Wildman–Crippen LogP) is 3.02. The Bertz CT molecular complexity index is 485. The molecule has 0 aliphatic carbocycles. The summed E-state index contributed by atoms with van der Waals surface area (Å²) < 4.78 is 1.99. The number of guanidine groups is 1. The third-order valence-corrected chi connectivity index (χ3v) is 3.26. The molecular formula is C16H32IN5. The molecule has 1 aromatic rings. The van der Waals surface area contributed by atoms with Crippen molar-refractivity contribution < 1.29 is 0 Å². The van der Waals surface area contributed by atoms with Crippen molar-refractivity contribution in [3.8, 4) is 0 Å². The Morgan fingerprint density at radius 2 is 1.82 bits per heavy atom. The molecule has 0 saturated carbocycles. The third kappa shape index (κ3) is 6.14. The molecule has 0 aliphatic heterocycles. The van der Waals surface area contributed by atoms with Crippen LogP contribution in [0.5, 0.6) is 0 Å². The Kier molecular flexibility index (Phi) is 9.04. The van der Waals surface area contributed by atoms with E-state index in [0.717, 1.165) is 31.0 Å². The fourth-order valence-corrected chi connectivity index (χ4v) is 2.39. The maximum absolute atomic E-state index is 4.74. The van der Waals surface area contributed by atoms with E-state index in [4.69, 9.17) is 4.99 Å². The van der Waals surface area contributed by atoms with E-state index in [-0.39, 0.29) is 29.5 Å². The van der Waals surface area contributed by atoms with Gasteiger partial charge in [-0.05, 0) is 40.5 Å². The van der Waals surface area contributed by atoms with Gasteiger partial charge in [0, 0.05) is 30.4 Å². The number of nitrogens with one attached hydrogen (secondary N) is 2. The summed E-state index contributed by atoms with van der Waals surface area (Å²) in [4.78, 5) is 4.74. The van der Waals surface area contributed by atoms with E-state index in [9.17, 15) is 0 Å². The summed E-state index contributed by atoms with van der Waals surface area (Å²) in [6.07, 6.45) is 1.93. The highest BCUT2D eigenvalue weighted by atomic mass is 127. The van der Waals surface area contributed by atoms with Crippen LogP contribution in [0.4, 0.5) is 0 Å². The van der Waals surface area contributed by atoms with E-state index < -0.39 is 0 Å². The fourth-order valence-electron chi connectivity index (χ4n) is 2.39. The van der Waals surface area contributed by atoms with Gasteiger partial charge in [0.25, 0.3) is 0 Å². The standard InChI is InChI=1S/C16H31N5.HI/c1-8-13-12(14(9-2)21(7)20-13)11-18-15(17-10-3)19-16(4,5)6;/h8-11H2,1-7H3,(H2,17,18,19);1H. The minimum atomic E-state index is -0.00286. The number of hydrogen-bond acceptors (Lipinski definition) is 2. The van der Waals surface area contributed by atoms with Gasteiger partial charge in [-0.15, -0.1) is 24.0 Å². The molecule has 1 heterocycles. The monoisotopic (exact) mass is 421 g/mol. The first-order chi connectivity index (χ1) is 9.82. The van der Waals surface area contributed by atoms with Crippen LogP contribution in [0.2, 0.25) is 0 Å². The van der Waals surface area contributed by atoms with Crippen LogP contribution in [0.1, 0.15) is 58.5 Å².